The summed E-state index contributed by atoms with van der Waals surface area (Å²) in [6, 6.07) is 15.9. The van der Waals surface area contributed by atoms with Crippen molar-refractivity contribution in [2.45, 2.75) is 6.18 Å². The summed E-state index contributed by atoms with van der Waals surface area (Å²) in [6.45, 7) is 0. The lowest BCUT2D eigenvalue weighted by atomic mass is 10.1. The molecule has 1 N–H and O–H groups in total. The van der Waals surface area contributed by atoms with Crippen LogP contribution in [0.1, 0.15) is 5.56 Å². The Kier molecular flexibility index (Phi) is 3.89. The number of halogens is 4. The first-order valence-electron chi connectivity index (χ1n) is 8.70. The van der Waals surface area contributed by atoms with E-state index < -0.39 is 11.7 Å². The normalized spacial score (nSPS) is 12.1. The molecule has 144 valence electrons. The van der Waals surface area contributed by atoms with Crippen LogP contribution in [0.4, 0.5) is 13.2 Å². The number of benzene rings is 2. The Morgan fingerprint density at radius 3 is 2.48 bits per heavy atom. The van der Waals surface area contributed by atoms with E-state index in [0.717, 1.165) is 28.7 Å². The fourth-order valence-electron chi connectivity index (χ4n) is 3.32. The standard InChI is InChI=1S/C21H12ClF3N4/c22-14-8-9-15-16(11-14)27-19(26-15)18-17-3-1-2-10-29(17)20(28-18)12-4-6-13(7-5-12)21(23,24)25/h1-11H,(H,26,27). The number of hydrogen-bond donors (Lipinski definition) is 1. The molecule has 8 heteroatoms. The molecular formula is C21H12ClF3N4. The van der Waals surface area contributed by atoms with Crippen molar-refractivity contribution in [3.05, 3.63) is 77.4 Å². The fourth-order valence-corrected chi connectivity index (χ4v) is 3.49. The summed E-state index contributed by atoms with van der Waals surface area (Å²) in [4.78, 5) is 12.5. The van der Waals surface area contributed by atoms with Gasteiger partial charge in [-0.3, -0.25) is 4.40 Å². The van der Waals surface area contributed by atoms with E-state index in [-0.39, 0.29) is 0 Å². The molecule has 2 aromatic carbocycles. The van der Waals surface area contributed by atoms with Gasteiger partial charge in [0.2, 0.25) is 0 Å². The highest BCUT2D eigenvalue weighted by Crippen LogP contribution is 2.33. The van der Waals surface area contributed by atoms with Gasteiger partial charge in [-0.05, 0) is 42.5 Å². The van der Waals surface area contributed by atoms with Crippen molar-refractivity contribution in [3.8, 4) is 22.9 Å². The number of nitrogens with zero attached hydrogens (tertiary/aromatic N) is 3. The zero-order chi connectivity index (χ0) is 20.2. The molecule has 3 aromatic heterocycles. The minimum absolute atomic E-state index is 0.530. The highest BCUT2D eigenvalue weighted by Gasteiger charge is 2.30. The molecule has 0 amide bonds. The van der Waals surface area contributed by atoms with Gasteiger partial charge < -0.3 is 4.98 Å². The Morgan fingerprint density at radius 2 is 1.72 bits per heavy atom. The molecule has 0 aliphatic heterocycles. The molecule has 0 saturated heterocycles. The molecular weight excluding hydrogens is 401 g/mol. The number of H-pyrrole nitrogens is 1. The summed E-state index contributed by atoms with van der Waals surface area (Å²) in [6.07, 6.45) is -2.56. The molecule has 0 fully saturated rings. The molecule has 5 rings (SSSR count). The second kappa shape index (κ2) is 6.35. The Labute approximate surface area is 167 Å². The van der Waals surface area contributed by atoms with E-state index in [9.17, 15) is 13.2 Å². The molecule has 3 heterocycles. The molecule has 0 spiro atoms. The Hall–Kier alpha value is -3.32. The Bertz CT molecular complexity index is 1350. The van der Waals surface area contributed by atoms with E-state index in [1.165, 1.54) is 12.1 Å². The minimum atomic E-state index is -4.38. The largest absolute Gasteiger partial charge is 0.416 e. The van der Waals surface area contributed by atoms with Crippen molar-refractivity contribution in [2.24, 2.45) is 0 Å². The van der Waals surface area contributed by atoms with Gasteiger partial charge in [0.05, 0.1) is 22.1 Å². The third-order valence-corrected chi connectivity index (χ3v) is 4.92. The van der Waals surface area contributed by atoms with E-state index in [2.05, 4.69) is 9.97 Å². The molecule has 0 atom stereocenters. The number of rotatable bonds is 2. The maximum Gasteiger partial charge on any atom is 0.416 e. The van der Waals surface area contributed by atoms with Gasteiger partial charge in [-0.25, -0.2) is 9.97 Å². The number of alkyl halides is 3. The predicted octanol–water partition coefficient (Wildman–Crippen LogP) is 6.22. The molecule has 0 aliphatic carbocycles. The van der Waals surface area contributed by atoms with Gasteiger partial charge in [0.15, 0.2) is 5.82 Å². The first kappa shape index (κ1) is 17.8. The first-order chi connectivity index (χ1) is 13.9. The highest BCUT2D eigenvalue weighted by atomic mass is 35.5. The number of aromatic nitrogens is 4. The van der Waals surface area contributed by atoms with Crippen LogP contribution < -0.4 is 0 Å². The third kappa shape index (κ3) is 3.03. The molecule has 29 heavy (non-hydrogen) atoms. The van der Waals surface area contributed by atoms with Crippen molar-refractivity contribution in [3.63, 3.8) is 0 Å². The molecule has 0 radical (unpaired) electrons. The Balaban J connectivity index is 1.68. The van der Waals surface area contributed by atoms with Gasteiger partial charge in [0.1, 0.15) is 11.5 Å². The third-order valence-electron chi connectivity index (χ3n) is 4.69. The smallest absolute Gasteiger partial charge is 0.337 e. The number of hydrogen-bond acceptors (Lipinski definition) is 2. The van der Waals surface area contributed by atoms with Crippen LogP contribution in [0.25, 0.3) is 39.5 Å². The number of nitrogens with one attached hydrogen (secondary N) is 1. The van der Waals surface area contributed by atoms with E-state index in [0.29, 0.717) is 27.9 Å². The van der Waals surface area contributed by atoms with Crippen molar-refractivity contribution < 1.29 is 13.2 Å². The van der Waals surface area contributed by atoms with Gasteiger partial charge in [-0.1, -0.05) is 29.8 Å². The topological polar surface area (TPSA) is 46.0 Å². The zero-order valence-corrected chi connectivity index (χ0v) is 15.5. The SMILES string of the molecule is FC(F)(F)c1ccc(-c2nc(-c3nc4ccc(Cl)cc4[nH]3)c3ccccn23)cc1. The van der Waals surface area contributed by atoms with Crippen LogP contribution in [0.2, 0.25) is 5.02 Å². The second-order valence-electron chi connectivity index (χ2n) is 6.56. The lowest BCUT2D eigenvalue weighted by Gasteiger charge is -2.07. The molecule has 0 saturated carbocycles. The quantitative estimate of drug-likeness (QED) is 0.374. The highest BCUT2D eigenvalue weighted by molar-refractivity contribution is 6.31. The van der Waals surface area contributed by atoms with Gasteiger partial charge in [0, 0.05) is 16.8 Å². The molecule has 5 aromatic rings. The molecule has 0 unspecified atom stereocenters. The van der Waals surface area contributed by atoms with E-state index >= 15 is 0 Å². The number of aromatic amines is 1. The zero-order valence-electron chi connectivity index (χ0n) is 14.7. The van der Waals surface area contributed by atoms with Crippen LogP contribution in [0, 0.1) is 0 Å². The van der Waals surface area contributed by atoms with Crippen LogP contribution in [-0.2, 0) is 6.18 Å². The van der Waals surface area contributed by atoms with Crippen molar-refractivity contribution in [1.82, 2.24) is 19.4 Å². The van der Waals surface area contributed by atoms with Crippen LogP contribution in [0.15, 0.2) is 66.9 Å². The van der Waals surface area contributed by atoms with E-state index in [1.54, 1.807) is 12.1 Å². The lowest BCUT2D eigenvalue weighted by molar-refractivity contribution is -0.137. The van der Waals surface area contributed by atoms with Crippen molar-refractivity contribution in [2.75, 3.05) is 0 Å². The first-order valence-corrected chi connectivity index (χ1v) is 9.08. The number of pyridine rings is 1. The predicted molar refractivity (Wildman–Crippen MR) is 106 cm³/mol. The molecule has 0 aliphatic rings. The summed E-state index contributed by atoms with van der Waals surface area (Å²) in [5.74, 6) is 1.09. The number of imidazole rings is 2. The van der Waals surface area contributed by atoms with Crippen LogP contribution in [-0.4, -0.2) is 19.4 Å². The fraction of sp³-hybridized carbons (Fsp3) is 0.0476. The summed E-state index contributed by atoms with van der Waals surface area (Å²) < 4.78 is 40.5. The molecule has 4 nitrogen and oxygen atoms in total. The van der Waals surface area contributed by atoms with Gasteiger partial charge in [-0.2, -0.15) is 13.2 Å². The minimum Gasteiger partial charge on any atom is -0.337 e. The van der Waals surface area contributed by atoms with Crippen LogP contribution in [0.3, 0.4) is 0 Å². The lowest BCUT2D eigenvalue weighted by Crippen LogP contribution is -2.04. The van der Waals surface area contributed by atoms with Gasteiger partial charge in [0.25, 0.3) is 0 Å². The van der Waals surface area contributed by atoms with E-state index in [1.807, 2.05) is 34.9 Å². The maximum absolute atomic E-state index is 12.9. The van der Waals surface area contributed by atoms with Gasteiger partial charge >= 0.3 is 6.18 Å². The van der Waals surface area contributed by atoms with Crippen LogP contribution >= 0.6 is 11.6 Å². The van der Waals surface area contributed by atoms with Crippen LogP contribution in [0.5, 0.6) is 0 Å². The summed E-state index contributed by atoms with van der Waals surface area (Å²) in [5.41, 5.74) is 2.79. The Morgan fingerprint density at radius 1 is 0.931 bits per heavy atom. The second-order valence-corrected chi connectivity index (χ2v) is 7.00. The van der Waals surface area contributed by atoms with E-state index in [4.69, 9.17) is 16.6 Å². The summed E-state index contributed by atoms with van der Waals surface area (Å²) in [5, 5.41) is 0.591. The summed E-state index contributed by atoms with van der Waals surface area (Å²) in [7, 11) is 0. The average Bonchev–Trinajstić information content (AvgIpc) is 3.28. The average molecular weight is 413 g/mol. The monoisotopic (exact) mass is 412 g/mol. The number of fused-ring (bicyclic) bond motifs is 2. The van der Waals surface area contributed by atoms with Crippen molar-refractivity contribution >= 4 is 28.2 Å². The van der Waals surface area contributed by atoms with Crippen molar-refractivity contribution in [1.29, 1.82) is 0 Å². The molecule has 0 bridgehead atoms. The summed E-state index contributed by atoms with van der Waals surface area (Å²) >= 11 is 6.05. The maximum atomic E-state index is 12.9. The van der Waals surface area contributed by atoms with Gasteiger partial charge in [-0.15, -0.1) is 0 Å².